The Labute approximate surface area is 113 Å². The van der Waals surface area contributed by atoms with Crippen LogP contribution in [-0.4, -0.2) is 20.4 Å². The van der Waals surface area contributed by atoms with Crippen molar-refractivity contribution in [1.29, 1.82) is 0 Å². The topological polar surface area (TPSA) is 115 Å². The summed E-state index contributed by atoms with van der Waals surface area (Å²) in [6.07, 6.45) is 0.558. The van der Waals surface area contributed by atoms with Crippen LogP contribution in [0.1, 0.15) is 31.9 Å². The Balaban J connectivity index is 2.79. The lowest BCUT2D eigenvalue weighted by Gasteiger charge is -2.17. The summed E-state index contributed by atoms with van der Waals surface area (Å²) in [7, 11) is -3.69. The van der Waals surface area contributed by atoms with Gasteiger partial charge in [0, 0.05) is 0 Å². The second-order valence-corrected chi connectivity index (χ2v) is 5.92. The second kappa shape index (κ2) is 6.14. The molecule has 0 aromatic heterocycles. The molecule has 7 heteroatoms. The lowest BCUT2D eigenvalue weighted by atomic mass is 10.1. The Morgan fingerprint density at radius 3 is 2.26 bits per heavy atom. The second-order valence-electron chi connectivity index (χ2n) is 4.36. The van der Waals surface area contributed by atoms with Crippen molar-refractivity contribution in [1.82, 2.24) is 5.32 Å². The van der Waals surface area contributed by atoms with Gasteiger partial charge in [-0.3, -0.25) is 4.79 Å². The van der Waals surface area contributed by atoms with Crippen molar-refractivity contribution in [2.75, 3.05) is 0 Å². The molecule has 1 aromatic rings. The number of hydrogen-bond acceptors (Lipinski definition) is 4. The van der Waals surface area contributed by atoms with E-state index in [1.165, 1.54) is 12.1 Å². The smallest absolute Gasteiger partial charge is 0.238 e. The number of carbonyl (C=O) groups is 1. The standard InChI is InChI=1S/C12H19N3O3S/c1-3-11(13)12(16)15-8(2)9-4-6-10(7-5-9)19(14,17)18/h4-8,11H,3,13H2,1-2H3,(H,15,16)(H2,14,17,18)/t8?,11-/m1/s1. The molecule has 106 valence electrons. The minimum Gasteiger partial charge on any atom is -0.348 e. The molecule has 1 aromatic carbocycles. The van der Waals surface area contributed by atoms with Crippen LogP contribution in [0.4, 0.5) is 0 Å². The summed E-state index contributed by atoms with van der Waals surface area (Å²) >= 11 is 0. The SMILES string of the molecule is CC[C@@H](N)C(=O)NC(C)c1ccc(S(N)(=O)=O)cc1. The van der Waals surface area contributed by atoms with Gasteiger partial charge >= 0.3 is 0 Å². The quantitative estimate of drug-likeness (QED) is 0.719. The molecule has 0 fully saturated rings. The van der Waals surface area contributed by atoms with E-state index in [9.17, 15) is 13.2 Å². The number of nitrogens with two attached hydrogens (primary N) is 2. The van der Waals surface area contributed by atoms with E-state index in [-0.39, 0.29) is 16.8 Å². The molecule has 0 bridgehead atoms. The van der Waals surface area contributed by atoms with Crippen LogP contribution in [0.15, 0.2) is 29.2 Å². The van der Waals surface area contributed by atoms with Crippen LogP contribution in [-0.2, 0) is 14.8 Å². The predicted octanol–water partition coefficient (Wildman–Crippen LogP) is 0.249. The molecule has 0 saturated heterocycles. The number of primary sulfonamides is 1. The van der Waals surface area contributed by atoms with E-state index in [4.69, 9.17) is 10.9 Å². The molecule has 1 unspecified atom stereocenters. The van der Waals surface area contributed by atoms with Crippen LogP contribution in [0.3, 0.4) is 0 Å². The van der Waals surface area contributed by atoms with Gasteiger partial charge in [0.1, 0.15) is 0 Å². The Hall–Kier alpha value is -1.44. The summed E-state index contributed by atoms with van der Waals surface area (Å²) in [5.74, 6) is -0.231. The number of amides is 1. The molecule has 6 nitrogen and oxygen atoms in total. The van der Waals surface area contributed by atoms with Gasteiger partial charge in [-0.25, -0.2) is 13.6 Å². The fourth-order valence-electron chi connectivity index (χ4n) is 1.54. The molecule has 2 atom stereocenters. The number of benzene rings is 1. The van der Waals surface area contributed by atoms with E-state index in [0.717, 1.165) is 5.56 Å². The van der Waals surface area contributed by atoms with Gasteiger partial charge in [-0.15, -0.1) is 0 Å². The first-order valence-corrected chi connectivity index (χ1v) is 7.49. The highest BCUT2D eigenvalue weighted by molar-refractivity contribution is 7.89. The van der Waals surface area contributed by atoms with Gasteiger partial charge in [-0.2, -0.15) is 0 Å². The summed E-state index contributed by atoms with van der Waals surface area (Å²) in [5, 5.41) is 7.77. The fourth-order valence-corrected chi connectivity index (χ4v) is 2.05. The zero-order chi connectivity index (χ0) is 14.6. The van der Waals surface area contributed by atoms with Crippen molar-refractivity contribution >= 4 is 15.9 Å². The number of nitrogens with one attached hydrogen (secondary N) is 1. The minimum absolute atomic E-state index is 0.0417. The molecule has 0 spiro atoms. The number of carbonyl (C=O) groups excluding carboxylic acids is 1. The van der Waals surface area contributed by atoms with Gasteiger partial charge < -0.3 is 11.1 Å². The summed E-state index contributed by atoms with van der Waals surface area (Å²) < 4.78 is 22.2. The lowest BCUT2D eigenvalue weighted by molar-refractivity contribution is -0.123. The van der Waals surface area contributed by atoms with Crippen LogP contribution in [0.5, 0.6) is 0 Å². The molecular formula is C12H19N3O3S. The maximum absolute atomic E-state index is 11.6. The van der Waals surface area contributed by atoms with E-state index < -0.39 is 16.1 Å². The average Bonchev–Trinajstić information content (AvgIpc) is 2.36. The summed E-state index contributed by atoms with van der Waals surface area (Å²) in [5.41, 5.74) is 6.40. The fraction of sp³-hybridized carbons (Fsp3) is 0.417. The largest absolute Gasteiger partial charge is 0.348 e. The average molecular weight is 285 g/mol. The van der Waals surface area contributed by atoms with Crippen molar-refractivity contribution in [2.24, 2.45) is 10.9 Å². The van der Waals surface area contributed by atoms with Crippen LogP contribution >= 0.6 is 0 Å². The molecule has 5 N–H and O–H groups in total. The van der Waals surface area contributed by atoms with Crippen LogP contribution in [0.2, 0.25) is 0 Å². The highest BCUT2D eigenvalue weighted by Crippen LogP contribution is 2.15. The van der Waals surface area contributed by atoms with Crippen molar-refractivity contribution < 1.29 is 13.2 Å². The highest BCUT2D eigenvalue weighted by Gasteiger charge is 2.15. The molecule has 0 radical (unpaired) electrons. The predicted molar refractivity (Wildman–Crippen MR) is 72.6 cm³/mol. The first-order valence-electron chi connectivity index (χ1n) is 5.94. The lowest BCUT2D eigenvalue weighted by Crippen LogP contribution is -2.41. The van der Waals surface area contributed by atoms with E-state index in [2.05, 4.69) is 5.32 Å². The summed E-state index contributed by atoms with van der Waals surface area (Å²) in [6, 6.07) is 5.26. The maximum atomic E-state index is 11.6. The van der Waals surface area contributed by atoms with Gasteiger partial charge in [0.05, 0.1) is 17.0 Å². The zero-order valence-electron chi connectivity index (χ0n) is 11.0. The molecule has 1 amide bonds. The third kappa shape index (κ3) is 4.30. The third-order valence-corrected chi connectivity index (χ3v) is 3.77. The van der Waals surface area contributed by atoms with Crippen molar-refractivity contribution in [3.8, 4) is 0 Å². The Bertz CT molecular complexity index is 540. The third-order valence-electron chi connectivity index (χ3n) is 2.84. The number of sulfonamides is 1. The van der Waals surface area contributed by atoms with Gasteiger partial charge in [-0.1, -0.05) is 19.1 Å². The molecular weight excluding hydrogens is 266 g/mol. The first-order chi connectivity index (χ1) is 8.75. The minimum atomic E-state index is -3.69. The van der Waals surface area contributed by atoms with Gasteiger partial charge in [0.15, 0.2) is 0 Å². The van der Waals surface area contributed by atoms with E-state index in [0.29, 0.717) is 6.42 Å². The monoisotopic (exact) mass is 285 g/mol. The first kappa shape index (κ1) is 15.6. The molecule has 0 aliphatic rings. The molecule has 19 heavy (non-hydrogen) atoms. The van der Waals surface area contributed by atoms with E-state index in [1.54, 1.807) is 19.1 Å². The molecule has 0 heterocycles. The molecule has 0 aliphatic heterocycles. The normalized spacial score (nSPS) is 14.7. The number of hydrogen-bond donors (Lipinski definition) is 3. The Kier molecular flexibility index (Phi) is 5.04. The molecule has 0 aliphatic carbocycles. The van der Waals surface area contributed by atoms with E-state index >= 15 is 0 Å². The molecule has 0 saturated carbocycles. The van der Waals surface area contributed by atoms with Crippen molar-refractivity contribution in [3.63, 3.8) is 0 Å². The van der Waals surface area contributed by atoms with Gasteiger partial charge in [-0.05, 0) is 31.0 Å². The summed E-state index contributed by atoms with van der Waals surface area (Å²) in [6.45, 7) is 3.63. The maximum Gasteiger partial charge on any atom is 0.238 e. The Morgan fingerprint density at radius 2 is 1.84 bits per heavy atom. The van der Waals surface area contributed by atoms with Gasteiger partial charge in [0.2, 0.25) is 15.9 Å². The van der Waals surface area contributed by atoms with Gasteiger partial charge in [0.25, 0.3) is 0 Å². The van der Waals surface area contributed by atoms with E-state index in [1.807, 2.05) is 6.92 Å². The van der Waals surface area contributed by atoms with Crippen molar-refractivity contribution in [2.45, 2.75) is 37.2 Å². The van der Waals surface area contributed by atoms with Crippen LogP contribution in [0, 0.1) is 0 Å². The van der Waals surface area contributed by atoms with Crippen LogP contribution in [0.25, 0.3) is 0 Å². The zero-order valence-corrected chi connectivity index (χ0v) is 11.8. The molecule has 1 rings (SSSR count). The van der Waals surface area contributed by atoms with Crippen molar-refractivity contribution in [3.05, 3.63) is 29.8 Å². The van der Waals surface area contributed by atoms with Crippen LogP contribution < -0.4 is 16.2 Å². The summed E-state index contributed by atoms with van der Waals surface area (Å²) in [4.78, 5) is 11.7. The Morgan fingerprint density at radius 1 is 1.32 bits per heavy atom. The highest BCUT2D eigenvalue weighted by atomic mass is 32.2. The number of rotatable bonds is 5.